The van der Waals surface area contributed by atoms with Gasteiger partial charge in [0.1, 0.15) is 18.1 Å². The number of hydrogen-bond donors (Lipinski definition) is 7. The fraction of sp³-hybridized carbons (Fsp3) is 0.688. The number of thiol groups is 1. The van der Waals surface area contributed by atoms with Crippen LogP contribution in [0.4, 0.5) is 0 Å². The topological polar surface area (TPSA) is 188 Å². The van der Waals surface area contributed by atoms with E-state index in [1.54, 1.807) is 0 Å². The van der Waals surface area contributed by atoms with Gasteiger partial charge in [-0.15, -0.1) is 0 Å². The standard InChI is InChI=1S/C16H28N4O7S2/c1-8(13(23)19-10(16(26)27)5-6-29-2)18-15(25)11(7-28)20-14(24)9(17)3-4-12(21)22/h8-11,28H,3-7,17H2,1-2H3,(H,18,25)(H,19,23)(H,20,24)(H,21,22)(H,26,27). The number of carbonyl (C=O) groups excluding carboxylic acids is 3. The van der Waals surface area contributed by atoms with Crippen LogP contribution in [0.1, 0.15) is 26.2 Å². The molecule has 4 unspecified atom stereocenters. The first kappa shape index (κ1) is 27.0. The maximum absolute atomic E-state index is 12.3. The summed E-state index contributed by atoms with van der Waals surface area (Å²) in [6.07, 6.45) is 1.63. The number of hydrogen-bond acceptors (Lipinski definition) is 8. The number of nitrogens with one attached hydrogen (secondary N) is 3. The Hall–Kier alpha value is -1.99. The zero-order valence-electron chi connectivity index (χ0n) is 16.2. The highest BCUT2D eigenvalue weighted by Gasteiger charge is 2.27. The normalized spacial score (nSPS) is 14.8. The number of rotatable bonds is 14. The van der Waals surface area contributed by atoms with Crippen molar-refractivity contribution in [2.24, 2.45) is 5.73 Å². The predicted molar refractivity (Wildman–Crippen MR) is 111 cm³/mol. The number of aliphatic carboxylic acids is 2. The summed E-state index contributed by atoms with van der Waals surface area (Å²) in [5.41, 5.74) is 5.59. The van der Waals surface area contributed by atoms with Gasteiger partial charge in [-0.3, -0.25) is 19.2 Å². The zero-order chi connectivity index (χ0) is 22.6. The van der Waals surface area contributed by atoms with E-state index in [1.807, 2.05) is 6.26 Å². The summed E-state index contributed by atoms with van der Waals surface area (Å²) < 4.78 is 0. The fourth-order valence-corrected chi connectivity index (χ4v) is 2.78. The van der Waals surface area contributed by atoms with E-state index in [9.17, 15) is 24.0 Å². The highest BCUT2D eigenvalue weighted by Crippen LogP contribution is 2.02. The van der Waals surface area contributed by atoms with Crippen LogP contribution in [0.25, 0.3) is 0 Å². The third-order valence-corrected chi connectivity index (χ3v) is 4.81. The lowest BCUT2D eigenvalue weighted by Gasteiger charge is -2.22. The van der Waals surface area contributed by atoms with E-state index in [0.717, 1.165) is 0 Å². The number of carbonyl (C=O) groups is 5. The van der Waals surface area contributed by atoms with Crippen LogP contribution in [-0.2, 0) is 24.0 Å². The van der Waals surface area contributed by atoms with Gasteiger partial charge in [-0.1, -0.05) is 0 Å². The lowest BCUT2D eigenvalue weighted by atomic mass is 10.1. The van der Waals surface area contributed by atoms with Crippen molar-refractivity contribution in [1.29, 1.82) is 0 Å². The average molecular weight is 453 g/mol. The Kier molecular flexibility index (Phi) is 13.1. The summed E-state index contributed by atoms with van der Waals surface area (Å²) in [5, 5.41) is 24.8. The SMILES string of the molecule is CSCCC(NC(=O)C(C)NC(=O)C(CS)NC(=O)C(N)CCC(=O)O)C(=O)O. The summed E-state index contributed by atoms with van der Waals surface area (Å²) in [5.74, 6) is -3.96. The monoisotopic (exact) mass is 452 g/mol. The van der Waals surface area contributed by atoms with Gasteiger partial charge in [-0.2, -0.15) is 24.4 Å². The average Bonchev–Trinajstić information content (AvgIpc) is 2.66. The Morgan fingerprint density at radius 1 is 0.966 bits per heavy atom. The van der Waals surface area contributed by atoms with Crippen molar-refractivity contribution in [2.45, 2.75) is 50.4 Å². The van der Waals surface area contributed by atoms with Crippen LogP contribution in [0, 0.1) is 0 Å². The quantitative estimate of drug-likeness (QED) is 0.153. The molecule has 0 aliphatic carbocycles. The van der Waals surface area contributed by atoms with Crippen LogP contribution >= 0.6 is 24.4 Å². The highest BCUT2D eigenvalue weighted by atomic mass is 32.2. The molecule has 166 valence electrons. The molecule has 11 nitrogen and oxygen atoms in total. The van der Waals surface area contributed by atoms with E-state index in [-0.39, 0.29) is 25.0 Å². The molecule has 0 aromatic heterocycles. The molecule has 0 aromatic carbocycles. The van der Waals surface area contributed by atoms with E-state index in [2.05, 4.69) is 28.6 Å². The van der Waals surface area contributed by atoms with Crippen LogP contribution in [0.5, 0.6) is 0 Å². The van der Waals surface area contributed by atoms with E-state index in [1.165, 1.54) is 18.7 Å². The third kappa shape index (κ3) is 10.9. The molecular formula is C16H28N4O7S2. The van der Waals surface area contributed by atoms with Gasteiger partial charge in [-0.25, -0.2) is 4.79 Å². The van der Waals surface area contributed by atoms with Crippen molar-refractivity contribution < 1.29 is 34.2 Å². The highest BCUT2D eigenvalue weighted by molar-refractivity contribution is 7.98. The third-order valence-electron chi connectivity index (χ3n) is 3.80. The first-order valence-electron chi connectivity index (χ1n) is 8.74. The van der Waals surface area contributed by atoms with E-state index < -0.39 is 53.8 Å². The summed E-state index contributed by atoms with van der Waals surface area (Å²) in [6.45, 7) is 1.37. The predicted octanol–water partition coefficient (Wildman–Crippen LogP) is -1.58. The molecular weight excluding hydrogens is 424 g/mol. The van der Waals surface area contributed by atoms with Crippen LogP contribution in [0.15, 0.2) is 0 Å². The molecule has 0 radical (unpaired) electrons. The Bertz CT molecular complexity index is 606. The summed E-state index contributed by atoms with van der Waals surface area (Å²) in [7, 11) is 0. The van der Waals surface area contributed by atoms with Gasteiger partial charge >= 0.3 is 11.9 Å². The van der Waals surface area contributed by atoms with Crippen LogP contribution in [0.3, 0.4) is 0 Å². The summed E-state index contributed by atoms with van der Waals surface area (Å²) in [6, 6.07) is -4.36. The minimum atomic E-state index is -1.18. The van der Waals surface area contributed by atoms with E-state index in [0.29, 0.717) is 5.75 Å². The fourth-order valence-electron chi connectivity index (χ4n) is 2.05. The molecule has 0 aromatic rings. The Morgan fingerprint density at radius 3 is 2.03 bits per heavy atom. The number of carboxylic acid groups (broad SMARTS) is 2. The molecule has 0 aliphatic heterocycles. The first-order chi connectivity index (χ1) is 13.5. The molecule has 0 spiro atoms. The lowest BCUT2D eigenvalue weighted by Crippen LogP contribution is -2.57. The molecule has 29 heavy (non-hydrogen) atoms. The van der Waals surface area contributed by atoms with Gasteiger partial charge < -0.3 is 31.9 Å². The Balaban J connectivity index is 4.74. The first-order valence-corrected chi connectivity index (χ1v) is 10.8. The number of thioether (sulfide) groups is 1. The van der Waals surface area contributed by atoms with Crippen molar-refractivity contribution in [3.05, 3.63) is 0 Å². The summed E-state index contributed by atoms with van der Waals surface area (Å²) in [4.78, 5) is 58.2. The lowest BCUT2D eigenvalue weighted by molar-refractivity contribution is -0.142. The summed E-state index contributed by atoms with van der Waals surface area (Å²) >= 11 is 5.42. The molecule has 3 amide bonds. The van der Waals surface area contributed by atoms with Crippen molar-refractivity contribution in [3.63, 3.8) is 0 Å². The number of amides is 3. The Labute approximate surface area is 178 Å². The molecule has 0 bridgehead atoms. The van der Waals surface area contributed by atoms with Gasteiger partial charge in [0.25, 0.3) is 0 Å². The second kappa shape index (κ2) is 14.1. The van der Waals surface area contributed by atoms with Crippen molar-refractivity contribution in [1.82, 2.24) is 16.0 Å². The molecule has 0 saturated carbocycles. The Morgan fingerprint density at radius 2 is 1.55 bits per heavy atom. The zero-order valence-corrected chi connectivity index (χ0v) is 17.9. The van der Waals surface area contributed by atoms with Gasteiger partial charge in [0, 0.05) is 12.2 Å². The minimum absolute atomic E-state index is 0.0942. The second-order valence-electron chi connectivity index (χ2n) is 6.19. The molecule has 0 heterocycles. The maximum atomic E-state index is 12.3. The van der Waals surface area contributed by atoms with E-state index in [4.69, 9.17) is 15.9 Å². The van der Waals surface area contributed by atoms with Gasteiger partial charge in [0.15, 0.2) is 0 Å². The smallest absolute Gasteiger partial charge is 0.326 e. The molecule has 13 heteroatoms. The maximum Gasteiger partial charge on any atom is 0.326 e. The molecule has 0 fully saturated rings. The molecule has 0 rings (SSSR count). The number of carboxylic acids is 2. The number of nitrogens with two attached hydrogens (primary N) is 1. The van der Waals surface area contributed by atoms with Crippen molar-refractivity contribution in [3.8, 4) is 0 Å². The minimum Gasteiger partial charge on any atom is -0.481 e. The molecule has 7 N–H and O–H groups in total. The van der Waals surface area contributed by atoms with Crippen LogP contribution in [-0.4, -0.2) is 81.8 Å². The van der Waals surface area contributed by atoms with Gasteiger partial charge in [0.05, 0.1) is 6.04 Å². The second-order valence-corrected chi connectivity index (χ2v) is 7.54. The largest absolute Gasteiger partial charge is 0.481 e. The van der Waals surface area contributed by atoms with Crippen LogP contribution in [0.2, 0.25) is 0 Å². The molecule has 0 aliphatic rings. The molecule has 0 saturated heterocycles. The van der Waals surface area contributed by atoms with Crippen molar-refractivity contribution >= 4 is 54.1 Å². The van der Waals surface area contributed by atoms with Crippen molar-refractivity contribution in [2.75, 3.05) is 17.8 Å². The van der Waals surface area contributed by atoms with Gasteiger partial charge in [0.2, 0.25) is 17.7 Å². The molecule has 4 atom stereocenters. The van der Waals surface area contributed by atoms with Gasteiger partial charge in [-0.05, 0) is 31.8 Å². The van der Waals surface area contributed by atoms with Crippen LogP contribution < -0.4 is 21.7 Å². The van der Waals surface area contributed by atoms with E-state index >= 15 is 0 Å².